The number of fused-ring (bicyclic) bond motifs is 1. The molecule has 0 spiro atoms. The zero-order chi connectivity index (χ0) is 17.2. The van der Waals surface area contributed by atoms with Gasteiger partial charge in [0.2, 0.25) is 11.9 Å². The van der Waals surface area contributed by atoms with Crippen LogP contribution in [-0.2, 0) is 4.79 Å². The van der Waals surface area contributed by atoms with E-state index in [9.17, 15) is 4.79 Å². The minimum absolute atomic E-state index is 0.0141. The van der Waals surface area contributed by atoms with Crippen molar-refractivity contribution >= 4 is 28.6 Å². The van der Waals surface area contributed by atoms with Gasteiger partial charge < -0.3 is 14.6 Å². The molecule has 0 aliphatic carbocycles. The van der Waals surface area contributed by atoms with Gasteiger partial charge in [-0.15, -0.1) is 0 Å². The molecular formula is C18H19N5O2. The number of aryl methyl sites for hydroxylation is 1. The lowest BCUT2D eigenvalue weighted by molar-refractivity contribution is -0.120. The summed E-state index contributed by atoms with van der Waals surface area (Å²) < 4.78 is 5.46. The molecule has 1 aliphatic rings. The Balaban J connectivity index is 1.46. The zero-order valence-electron chi connectivity index (χ0n) is 14.0. The summed E-state index contributed by atoms with van der Waals surface area (Å²) in [7, 11) is 0. The molecular weight excluding hydrogens is 318 g/mol. The Kier molecular flexibility index (Phi) is 4.05. The Morgan fingerprint density at radius 3 is 3.00 bits per heavy atom. The first-order valence-corrected chi connectivity index (χ1v) is 8.39. The maximum atomic E-state index is 12.7. The summed E-state index contributed by atoms with van der Waals surface area (Å²) in [6.45, 7) is 3.31. The molecule has 1 aromatic carbocycles. The molecule has 7 nitrogen and oxygen atoms in total. The van der Waals surface area contributed by atoms with E-state index in [-0.39, 0.29) is 11.8 Å². The van der Waals surface area contributed by atoms with E-state index in [0.29, 0.717) is 18.4 Å². The van der Waals surface area contributed by atoms with E-state index >= 15 is 0 Å². The van der Waals surface area contributed by atoms with Crippen LogP contribution in [0.15, 0.2) is 41.1 Å². The van der Waals surface area contributed by atoms with Crippen LogP contribution in [0.3, 0.4) is 0 Å². The summed E-state index contributed by atoms with van der Waals surface area (Å²) in [5.41, 5.74) is 2.21. The number of piperidine rings is 1. The first-order valence-electron chi connectivity index (χ1n) is 8.39. The molecule has 4 rings (SSSR count). The van der Waals surface area contributed by atoms with E-state index in [1.54, 1.807) is 25.4 Å². The van der Waals surface area contributed by atoms with Gasteiger partial charge in [-0.1, -0.05) is 0 Å². The van der Waals surface area contributed by atoms with Gasteiger partial charge in [0.25, 0.3) is 0 Å². The minimum Gasteiger partial charge on any atom is -0.441 e. The number of amides is 1. The van der Waals surface area contributed by atoms with Gasteiger partial charge in [-0.2, -0.15) is 0 Å². The molecule has 25 heavy (non-hydrogen) atoms. The highest BCUT2D eigenvalue weighted by Gasteiger charge is 2.27. The van der Waals surface area contributed by atoms with Crippen molar-refractivity contribution in [1.29, 1.82) is 0 Å². The van der Waals surface area contributed by atoms with Crippen LogP contribution in [0.4, 0.5) is 11.6 Å². The molecule has 0 radical (unpaired) electrons. The molecule has 2 aromatic heterocycles. The van der Waals surface area contributed by atoms with Gasteiger partial charge in [-0.05, 0) is 37.1 Å². The number of rotatable bonds is 3. The molecule has 3 aromatic rings. The highest BCUT2D eigenvalue weighted by atomic mass is 16.3. The quantitative estimate of drug-likeness (QED) is 0.791. The Morgan fingerprint density at radius 1 is 1.32 bits per heavy atom. The third-order valence-corrected chi connectivity index (χ3v) is 4.39. The molecule has 0 saturated carbocycles. The highest BCUT2D eigenvalue weighted by molar-refractivity contribution is 5.94. The van der Waals surface area contributed by atoms with Crippen LogP contribution in [0.2, 0.25) is 0 Å². The van der Waals surface area contributed by atoms with Gasteiger partial charge in [0, 0.05) is 38.1 Å². The van der Waals surface area contributed by atoms with E-state index in [1.807, 2.05) is 18.2 Å². The molecule has 1 atom stereocenters. The Morgan fingerprint density at radius 2 is 2.16 bits per heavy atom. The first-order chi connectivity index (χ1) is 12.2. The number of oxazole rings is 1. The SMILES string of the molecule is Cc1nc2cc(NC(=O)C3CCCN(c4ncccn4)C3)ccc2o1. The lowest BCUT2D eigenvalue weighted by Crippen LogP contribution is -2.41. The van der Waals surface area contributed by atoms with Crippen molar-refractivity contribution in [2.24, 2.45) is 5.92 Å². The van der Waals surface area contributed by atoms with Crippen LogP contribution >= 0.6 is 0 Å². The largest absolute Gasteiger partial charge is 0.441 e. The Bertz CT molecular complexity index is 893. The number of benzene rings is 1. The van der Waals surface area contributed by atoms with Crippen LogP contribution in [0, 0.1) is 12.8 Å². The topological polar surface area (TPSA) is 84.2 Å². The molecule has 1 fully saturated rings. The molecule has 7 heteroatoms. The molecule has 1 amide bonds. The minimum atomic E-state index is -0.0905. The fourth-order valence-electron chi connectivity index (χ4n) is 3.19. The van der Waals surface area contributed by atoms with E-state index in [4.69, 9.17) is 4.42 Å². The van der Waals surface area contributed by atoms with Crippen molar-refractivity contribution in [3.63, 3.8) is 0 Å². The lowest BCUT2D eigenvalue weighted by Gasteiger charge is -2.31. The molecule has 1 N–H and O–H groups in total. The number of nitrogens with one attached hydrogen (secondary N) is 1. The number of aromatic nitrogens is 3. The highest BCUT2D eigenvalue weighted by Crippen LogP contribution is 2.23. The van der Waals surface area contributed by atoms with Gasteiger partial charge in [0.1, 0.15) is 5.52 Å². The average molecular weight is 337 g/mol. The maximum Gasteiger partial charge on any atom is 0.229 e. The van der Waals surface area contributed by atoms with Gasteiger partial charge in [-0.25, -0.2) is 15.0 Å². The molecule has 3 heterocycles. The van der Waals surface area contributed by atoms with Crippen molar-refractivity contribution in [1.82, 2.24) is 15.0 Å². The Labute approximate surface area is 145 Å². The second-order valence-electron chi connectivity index (χ2n) is 6.24. The monoisotopic (exact) mass is 337 g/mol. The summed E-state index contributed by atoms with van der Waals surface area (Å²) in [6, 6.07) is 7.30. The van der Waals surface area contributed by atoms with Crippen molar-refractivity contribution < 1.29 is 9.21 Å². The summed E-state index contributed by atoms with van der Waals surface area (Å²) in [4.78, 5) is 27.6. The van der Waals surface area contributed by atoms with Gasteiger partial charge >= 0.3 is 0 Å². The van der Waals surface area contributed by atoms with E-state index in [1.165, 1.54) is 0 Å². The van der Waals surface area contributed by atoms with Crippen molar-refractivity contribution in [3.05, 3.63) is 42.5 Å². The standard InChI is InChI=1S/C18H19N5O2/c1-12-21-15-10-14(5-6-16(15)25-12)22-17(24)13-4-2-9-23(11-13)18-19-7-3-8-20-18/h3,5-8,10,13H,2,4,9,11H2,1H3,(H,22,24). The van der Waals surface area contributed by atoms with Crippen LogP contribution < -0.4 is 10.2 Å². The fourth-order valence-corrected chi connectivity index (χ4v) is 3.19. The van der Waals surface area contributed by atoms with Crippen LogP contribution in [-0.4, -0.2) is 33.9 Å². The molecule has 1 aliphatic heterocycles. The van der Waals surface area contributed by atoms with Crippen LogP contribution in [0.1, 0.15) is 18.7 Å². The molecule has 0 bridgehead atoms. The van der Waals surface area contributed by atoms with E-state index in [2.05, 4.69) is 25.2 Å². The number of hydrogen-bond acceptors (Lipinski definition) is 6. The number of hydrogen-bond donors (Lipinski definition) is 1. The van der Waals surface area contributed by atoms with E-state index in [0.717, 1.165) is 36.2 Å². The second-order valence-corrected chi connectivity index (χ2v) is 6.24. The van der Waals surface area contributed by atoms with E-state index < -0.39 is 0 Å². The van der Waals surface area contributed by atoms with Gasteiger partial charge in [-0.3, -0.25) is 4.79 Å². The number of nitrogens with zero attached hydrogens (tertiary/aromatic N) is 4. The molecule has 1 unspecified atom stereocenters. The van der Waals surface area contributed by atoms with Gasteiger partial charge in [0.05, 0.1) is 5.92 Å². The number of anilines is 2. The van der Waals surface area contributed by atoms with Crippen molar-refractivity contribution in [2.45, 2.75) is 19.8 Å². The van der Waals surface area contributed by atoms with Crippen LogP contribution in [0.25, 0.3) is 11.1 Å². The summed E-state index contributed by atoms with van der Waals surface area (Å²) in [5.74, 6) is 1.22. The first kappa shape index (κ1) is 15.6. The normalized spacial score (nSPS) is 17.6. The maximum absolute atomic E-state index is 12.7. The number of carbonyl (C=O) groups is 1. The fraction of sp³-hybridized carbons (Fsp3) is 0.333. The molecule has 1 saturated heterocycles. The zero-order valence-corrected chi connectivity index (χ0v) is 14.0. The summed E-state index contributed by atoms with van der Waals surface area (Å²) in [6.07, 6.45) is 5.25. The van der Waals surface area contributed by atoms with Gasteiger partial charge in [0.15, 0.2) is 11.5 Å². The second kappa shape index (κ2) is 6.51. The third kappa shape index (κ3) is 3.31. The van der Waals surface area contributed by atoms with Crippen molar-refractivity contribution in [3.8, 4) is 0 Å². The molecule has 128 valence electrons. The van der Waals surface area contributed by atoms with Crippen LogP contribution in [0.5, 0.6) is 0 Å². The predicted octanol–water partition coefficient (Wildman–Crippen LogP) is 2.78. The summed E-state index contributed by atoms with van der Waals surface area (Å²) >= 11 is 0. The summed E-state index contributed by atoms with van der Waals surface area (Å²) in [5, 5.41) is 3.00. The van der Waals surface area contributed by atoms with Crippen molar-refractivity contribution in [2.75, 3.05) is 23.3 Å². The Hall–Kier alpha value is -2.96. The third-order valence-electron chi connectivity index (χ3n) is 4.39. The average Bonchev–Trinajstić information content (AvgIpc) is 3.02. The lowest BCUT2D eigenvalue weighted by atomic mass is 9.97. The number of carbonyl (C=O) groups excluding carboxylic acids is 1. The smallest absolute Gasteiger partial charge is 0.229 e. The predicted molar refractivity (Wildman–Crippen MR) is 94.3 cm³/mol.